The van der Waals surface area contributed by atoms with Gasteiger partial charge in [0.05, 0.1) is 0 Å². The molecule has 0 aromatic heterocycles. The lowest BCUT2D eigenvalue weighted by atomic mass is 10.1. The van der Waals surface area contributed by atoms with E-state index in [1.54, 1.807) is 5.16 Å². The number of rotatable bonds is 1. The van der Waals surface area contributed by atoms with E-state index in [1.165, 1.54) is 11.6 Å². The second kappa shape index (κ2) is 3.27. The van der Waals surface area contributed by atoms with Crippen molar-refractivity contribution in [2.75, 3.05) is 0 Å². The third-order valence-corrected chi connectivity index (χ3v) is 2.00. The maximum absolute atomic E-state index is 10.1. The van der Waals surface area contributed by atoms with Crippen LogP contribution >= 0.6 is 0 Å². The van der Waals surface area contributed by atoms with E-state index in [0.29, 0.717) is 0 Å². The van der Waals surface area contributed by atoms with Crippen LogP contribution in [0.4, 0.5) is 0 Å². The Kier molecular flexibility index (Phi) is 1.96. The van der Waals surface area contributed by atoms with Gasteiger partial charge in [0.25, 0.3) is 0 Å². The number of fused-ring (bicyclic) bond motifs is 1. The van der Waals surface area contributed by atoms with Gasteiger partial charge in [-0.25, -0.2) is 5.16 Å². The van der Waals surface area contributed by atoms with Crippen molar-refractivity contribution in [1.29, 1.82) is 0 Å². The molecular weight excluding hydrogens is 162 g/mol. The molecule has 2 aromatic carbocycles. The quantitative estimate of drug-likeness (QED) is 0.385. The second-order valence-corrected chi connectivity index (χ2v) is 2.87. The highest BCUT2D eigenvalue weighted by Gasteiger charge is 1.93. The predicted octanol–water partition coefficient (Wildman–Crippen LogP) is 0.837. The lowest BCUT2D eigenvalue weighted by molar-refractivity contribution is -0.366. The predicted molar refractivity (Wildman–Crippen MR) is 53.4 cm³/mol. The fraction of sp³-hybridized carbons (Fsp3) is 0. The van der Waals surface area contributed by atoms with E-state index in [2.05, 4.69) is 0 Å². The molecule has 0 aliphatic rings. The first-order chi connectivity index (χ1) is 6.40. The Balaban J connectivity index is 2.62. The van der Waals surface area contributed by atoms with E-state index in [1.807, 2.05) is 42.5 Å². The van der Waals surface area contributed by atoms with Crippen LogP contribution in [0.1, 0.15) is 5.56 Å². The van der Waals surface area contributed by atoms with E-state index >= 15 is 0 Å². The molecule has 0 bridgehead atoms. The largest absolute Gasteiger partial charge is 0.625 e. The Morgan fingerprint density at radius 2 is 1.77 bits per heavy atom. The third-order valence-electron chi connectivity index (χ3n) is 2.00. The molecule has 2 rings (SSSR count). The third kappa shape index (κ3) is 1.51. The van der Waals surface area contributed by atoms with Gasteiger partial charge in [-0.1, -0.05) is 30.3 Å². The Morgan fingerprint density at radius 3 is 2.54 bits per heavy atom. The standard InChI is InChI=1S/C11H9NO/c13-12-8-9-5-6-10-3-1-2-4-11(10)7-9/h1-8,12H. The van der Waals surface area contributed by atoms with E-state index in [0.717, 1.165) is 10.9 Å². The summed E-state index contributed by atoms with van der Waals surface area (Å²) in [6, 6.07) is 13.9. The van der Waals surface area contributed by atoms with Gasteiger partial charge in [0.2, 0.25) is 0 Å². The van der Waals surface area contributed by atoms with Crippen LogP contribution in [0.3, 0.4) is 0 Å². The first kappa shape index (κ1) is 7.80. The van der Waals surface area contributed by atoms with Crippen LogP contribution in [0.2, 0.25) is 0 Å². The monoisotopic (exact) mass is 171 g/mol. The minimum atomic E-state index is 0.897. The van der Waals surface area contributed by atoms with Crippen LogP contribution in [-0.2, 0) is 0 Å². The Morgan fingerprint density at radius 1 is 1.00 bits per heavy atom. The van der Waals surface area contributed by atoms with Crippen LogP contribution in [0.15, 0.2) is 42.5 Å². The van der Waals surface area contributed by atoms with Crippen LogP contribution in [0.25, 0.3) is 10.8 Å². The highest BCUT2D eigenvalue weighted by Crippen LogP contribution is 2.13. The molecule has 0 heterocycles. The van der Waals surface area contributed by atoms with Crippen molar-refractivity contribution in [3.63, 3.8) is 0 Å². The summed E-state index contributed by atoms with van der Waals surface area (Å²) < 4.78 is 0. The molecule has 0 unspecified atom stereocenters. The number of benzene rings is 2. The number of hydrogen-bond donors (Lipinski definition) is 1. The highest BCUT2D eigenvalue weighted by atomic mass is 16.4. The average Bonchev–Trinajstić information content (AvgIpc) is 2.18. The molecular formula is C11H9NO. The molecule has 1 N–H and O–H groups in total. The summed E-state index contributed by atoms with van der Waals surface area (Å²) in [5.74, 6) is 0. The normalized spacial score (nSPS) is 11.1. The first-order valence-corrected chi connectivity index (χ1v) is 4.10. The summed E-state index contributed by atoms with van der Waals surface area (Å²) >= 11 is 0. The van der Waals surface area contributed by atoms with Crippen molar-refractivity contribution >= 4 is 17.0 Å². The lowest BCUT2D eigenvalue weighted by Crippen LogP contribution is -2.60. The molecule has 0 aliphatic carbocycles. The van der Waals surface area contributed by atoms with Crippen molar-refractivity contribution in [1.82, 2.24) is 0 Å². The zero-order valence-corrected chi connectivity index (χ0v) is 7.03. The lowest BCUT2D eigenvalue weighted by Gasteiger charge is -1.96. The maximum Gasteiger partial charge on any atom is 0.179 e. The SMILES string of the molecule is [O-][NH+]=Cc1ccc2ccccc2c1. The zero-order valence-electron chi connectivity index (χ0n) is 7.03. The average molecular weight is 171 g/mol. The molecule has 0 aliphatic heterocycles. The van der Waals surface area contributed by atoms with Gasteiger partial charge >= 0.3 is 0 Å². The van der Waals surface area contributed by atoms with Gasteiger partial charge in [0, 0.05) is 5.56 Å². The highest BCUT2D eigenvalue weighted by molar-refractivity contribution is 5.88. The van der Waals surface area contributed by atoms with Crippen LogP contribution in [-0.4, -0.2) is 6.21 Å². The molecule has 2 aromatic rings. The van der Waals surface area contributed by atoms with Crippen LogP contribution < -0.4 is 5.16 Å². The molecule has 64 valence electrons. The molecule has 2 nitrogen and oxygen atoms in total. The van der Waals surface area contributed by atoms with E-state index in [4.69, 9.17) is 0 Å². The summed E-state index contributed by atoms with van der Waals surface area (Å²) in [4.78, 5) is 0. The molecule has 13 heavy (non-hydrogen) atoms. The van der Waals surface area contributed by atoms with Crippen molar-refractivity contribution in [2.45, 2.75) is 0 Å². The van der Waals surface area contributed by atoms with Crippen LogP contribution in [0.5, 0.6) is 0 Å². The number of nitrogens with one attached hydrogen (secondary N) is 1. The minimum Gasteiger partial charge on any atom is -0.625 e. The molecule has 0 atom stereocenters. The van der Waals surface area contributed by atoms with Gasteiger partial charge in [-0.05, 0) is 22.9 Å². The Hall–Kier alpha value is -1.83. The van der Waals surface area contributed by atoms with Crippen molar-refractivity contribution in [3.05, 3.63) is 53.2 Å². The Labute approximate surface area is 76.1 Å². The molecule has 0 fully saturated rings. The first-order valence-electron chi connectivity index (χ1n) is 4.10. The van der Waals surface area contributed by atoms with Gasteiger partial charge in [-0.3, -0.25) is 0 Å². The van der Waals surface area contributed by atoms with Gasteiger partial charge in [0.15, 0.2) is 6.21 Å². The second-order valence-electron chi connectivity index (χ2n) is 2.87. The fourth-order valence-corrected chi connectivity index (χ4v) is 1.37. The summed E-state index contributed by atoms with van der Waals surface area (Å²) in [6.07, 6.45) is 1.44. The number of hydrogen-bond acceptors (Lipinski definition) is 1. The summed E-state index contributed by atoms with van der Waals surface area (Å²) in [6.45, 7) is 0. The van der Waals surface area contributed by atoms with Crippen molar-refractivity contribution in [2.24, 2.45) is 0 Å². The molecule has 0 saturated carbocycles. The molecule has 0 amide bonds. The smallest absolute Gasteiger partial charge is 0.179 e. The molecule has 0 radical (unpaired) electrons. The van der Waals surface area contributed by atoms with E-state index in [9.17, 15) is 5.21 Å². The van der Waals surface area contributed by atoms with Gasteiger partial charge in [0.1, 0.15) is 0 Å². The van der Waals surface area contributed by atoms with Gasteiger partial charge < -0.3 is 5.21 Å². The molecule has 2 heteroatoms. The summed E-state index contributed by atoms with van der Waals surface area (Å²) in [7, 11) is 0. The van der Waals surface area contributed by atoms with Gasteiger partial charge in [-0.15, -0.1) is 0 Å². The van der Waals surface area contributed by atoms with Crippen LogP contribution in [0, 0.1) is 5.21 Å². The molecule has 0 saturated heterocycles. The minimum absolute atomic E-state index is 0.897. The summed E-state index contributed by atoms with van der Waals surface area (Å²) in [5.41, 5.74) is 0.897. The van der Waals surface area contributed by atoms with Gasteiger partial charge in [-0.2, -0.15) is 0 Å². The van der Waals surface area contributed by atoms with Crippen molar-refractivity contribution in [3.8, 4) is 0 Å². The molecule has 0 spiro atoms. The zero-order chi connectivity index (χ0) is 9.10. The van der Waals surface area contributed by atoms with Crippen molar-refractivity contribution < 1.29 is 5.16 Å². The summed E-state index contributed by atoms with van der Waals surface area (Å²) in [5, 5.41) is 14.2. The fourth-order valence-electron chi connectivity index (χ4n) is 1.37. The Bertz CT molecular complexity index is 449. The van der Waals surface area contributed by atoms with E-state index < -0.39 is 0 Å². The van der Waals surface area contributed by atoms with E-state index in [-0.39, 0.29) is 0 Å². The maximum atomic E-state index is 10.1. The topological polar surface area (TPSA) is 37.0 Å².